The quantitative estimate of drug-likeness (QED) is 0.706. The summed E-state index contributed by atoms with van der Waals surface area (Å²) in [5.41, 5.74) is 0.418. The summed E-state index contributed by atoms with van der Waals surface area (Å²) in [5, 5.41) is 5.24. The van der Waals surface area contributed by atoms with E-state index in [1.807, 2.05) is 6.92 Å². The maximum atomic E-state index is 13.5. The van der Waals surface area contributed by atoms with Crippen LogP contribution in [-0.4, -0.2) is 25.0 Å². The molecule has 2 amide bonds. The number of nitrogens with one attached hydrogen (secondary N) is 2. The third kappa shape index (κ3) is 5.84. The van der Waals surface area contributed by atoms with E-state index in [-0.39, 0.29) is 24.4 Å². The lowest BCUT2D eigenvalue weighted by Crippen LogP contribution is -2.26. The van der Waals surface area contributed by atoms with E-state index >= 15 is 0 Å². The minimum Gasteiger partial charge on any atom is -0.494 e. The van der Waals surface area contributed by atoms with Gasteiger partial charge in [-0.2, -0.15) is 0 Å². The van der Waals surface area contributed by atoms with E-state index in [2.05, 4.69) is 10.6 Å². The fourth-order valence-corrected chi connectivity index (χ4v) is 2.24. The Balaban J connectivity index is 1.71. The lowest BCUT2D eigenvalue weighted by atomic mass is 10.2. The molecule has 2 aromatic rings. The molecule has 0 aliphatic heterocycles. The second-order valence-corrected chi connectivity index (χ2v) is 5.49. The molecule has 2 N–H and O–H groups in total. The van der Waals surface area contributed by atoms with Gasteiger partial charge in [0.15, 0.2) is 0 Å². The number of benzene rings is 2. The van der Waals surface area contributed by atoms with Gasteiger partial charge in [-0.1, -0.05) is 0 Å². The van der Waals surface area contributed by atoms with Crippen molar-refractivity contribution < 1.29 is 23.1 Å². The Bertz CT molecular complexity index is 764. The Morgan fingerprint density at radius 1 is 1.08 bits per heavy atom. The average molecular weight is 362 g/mol. The molecule has 0 bridgehead atoms. The van der Waals surface area contributed by atoms with Crippen LogP contribution in [0.5, 0.6) is 5.75 Å². The third-order valence-corrected chi connectivity index (χ3v) is 3.49. The van der Waals surface area contributed by atoms with Crippen molar-refractivity contribution in [1.82, 2.24) is 5.32 Å². The highest BCUT2D eigenvalue weighted by Crippen LogP contribution is 2.16. The monoisotopic (exact) mass is 362 g/mol. The molecule has 7 heteroatoms. The molecular formula is C19H20F2N2O3. The average Bonchev–Trinajstić information content (AvgIpc) is 2.60. The molecule has 0 aromatic heterocycles. The third-order valence-electron chi connectivity index (χ3n) is 3.49. The lowest BCUT2D eigenvalue weighted by molar-refractivity contribution is -0.116. The van der Waals surface area contributed by atoms with E-state index in [1.165, 1.54) is 0 Å². The number of rotatable bonds is 8. The van der Waals surface area contributed by atoms with Crippen LogP contribution in [0.4, 0.5) is 14.5 Å². The van der Waals surface area contributed by atoms with Gasteiger partial charge in [-0.25, -0.2) is 8.78 Å². The summed E-state index contributed by atoms with van der Waals surface area (Å²) < 4.78 is 31.6. The summed E-state index contributed by atoms with van der Waals surface area (Å²) >= 11 is 0. The topological polar surface area (TPSA) is 67.4 Å². The zero-order chi connectivity index (χ0) is 18.9. The van der Waals surface area contributed by atoms with Gasteiger partial charge in [0.1, 0.15) is 17.4 Å². The lowest BCUT2D eigenvalue weighted by Gasteiger charge is -2.08. The van der Waals surface area contributed by atoms with Crippen molar-refractivity contribution in [1.29, 1.82) is 0 Å². The zero-order valence-electron chi connectivity index (χ0n) is 14.4. The Morgan fingerprint density at radius 3 is 2.46 bits per heavy atom. The van der Waals surface area contributed by atoms with Crippen LogP contribution in [0.3, 0.4) is 0 Å². The van der Waals surface area contributed by atoms with E-state index in [0.717, 1.165) is 17.9 Å². The van der Waals surface area contributed by atoms with Gasteiger partial charge in [0.05, 0.1) is 12.2 Å². The molecule has 26 heavy (non-hydrogen) atoms. The number of hydrogen-bond acceptors (Lipinski definition) is 3. The molecule has 0 spiro atoms. The molecule has 0 saturated heterocycles. The van der Waals surface area contributed by atoms with Gasteiger partial charge in [0, 0.05) is 24.7 Å². The first-order valence-electron chi connectivity index (χ1n) is 8.25. The van der Waals surface area contributed by atoms with Crippen molar-refractivity contribution in [3.63, 3.8) is 0 Å². The fraction of sp³-hybridized carbons (Fsp3) is 0.263. The summed E-state index contributed by atoms with van der Waals surface area (Å²) in [7, 11) is 0. The van der Waals surface area contributed by atoms with Crippen molar-refractivity contribution in [3.8, 4) is 5.75 Å². The SMILES string of the molecule is CCOc1ccc(NC(=O)CCCNC(=O)c2ccc(F)cc2F)cc1. The molecule has 2 rings (SSSR count). The van der Waals surface area contributed by atoms with Crippen molar-refractivity contribution in [3.05, 3.63) is 59.7 Å². The Labute approximate surface area is 150 Å². The Morgan fingerprint density at radius 2 is 1.81 bits per heavy atom. The zero-order valence-corrected chi connectivity index (χ0v) is 14.4. The van der Waals surface area contributed by atoms with Gasteiger partial charge in [-0.3, -0.25) is 9.59 Å². The predicted octanol–water partition coefficient (Wildman–Crippen LogP) is 3.51. The maximum Gasteiger partial charge on any atom is 0.254 e. The number of amides is 2. The van der Waals surface area contributed by atoms with E-state index < -0.39 is 17.5 Å². The fourth-order valence-electron chi connectivity index (χ4n) is 2.24. The van der Waals surface area contributed by atoms with Gasteiger partial charge < -0.3 is 15.4 Å². The van der Waals surface area contributed by atoms with Crippen molar-refractivity contribution in [2.24, 2.45) is 0 Å². The summed E-state index contributed by atoms with van der Waals surface area (Å²) in [6, 6.07) is 9.75. The second-order valence-electron chi connectivity index (χ2n) is 5.49. The van der Waals surface area contributed by atoms with Gasteiger partial charge in [0.25, 0.3) is 5.91 Å². The standard InChI is InChI=1S/C19H20F2N2O3/c1-2-26-15-8-6-14(7-9-15)23-18(24)4-3-11-22-19(25)16-10-5-13(20)12-17(16)21/h5-10,12H,2-4,11H2,1H3,(H,22,25)(H,23,24). The Hall–Kier alpha value is -2.96. The first kappa shape index (κ1) is 19.4. The van der Waals surface area contributed by atoms with Crippen LogP contribution in [-0.2, 0) is 4.79 Å². The highest BCUT2D eigenvalue weighted by atomic mass is 19.1. The van der Waals surface area contributed by atoms with Gasteiger partial charge in [-0.05, 0) is 49.7 Å². The highest BCUT2D eigenvalue weighted by Gasteiger charge is 2.12. The molecule has 0 atom stereocenters. The molecule has 0 fully saturated rings. The van der Waals surface area contributed by atoms with Crippen LogP contribution in [0.15, 0.2) is 42.5 Å². The number of hydrogen-bond donors (Lipinski definition) is 2. The predicted molar refractivity (Wildman–Crippen MR) is 94.2 cm³/mol. The van der Waals surface area contributed by atoms with Crippen LogP contribution in [0.2, 0.25) is 0 Å². The molecule has 0 aliphatic rings. The molecule has 0 unspecified atom stereocenters. The highest BCUT2D eigenvalue weighted by molar-refractivity contribution is 5.94. The summed E-state index contributed by atoms with van der Waals surface area (Å²) in [4.78, 5) is 23.7. The van der Waals surface area contributed by atoms with E-state index in [0.29, 0.717) is 24.8 Å². The second kappa shape index (κ2) is 9.50. The molecule has 5 nitrogen and oxygen atoms in total. The summed E-state index contributed by atoms with van der Waals surface area (Å²) in [5.74, 6) is -1.78. The van der Waals surface area contributed by atoms with Crippen LogP contribution < -0.4 is 15.4 Å². The summed E-state index contributed by atoms with van der Waals surface area (Å²) in [6.07, 6.45) is 0.580. The number of carbonyl (C=O) groups is 2. The maximum absolute atomic E-state index is 13.5. The van der Waals surface area contributed by atoms with Gasteiger partial charge in [-0.15, -0.1) is 0 Å². The van der Waals surface area contributed by atoms with E-state index in [1.54, 1.807) is 24.3 Å². The van der Waals surface area contributed by atoms with Crippen molar-refractivity contribution >= 4 is 17.5 Å². The van der Waals surface area contributed by atoms with Crippen LogP contribution in [0, 0.1) is 11.6 Å². The number of anilines is 1. The van der Waals surface area contributed by atoms with E-state index in [4.69, 9.17) is 4.74 Å². The first-order valence-corrected chi connectivity index (χ1v) is 8.25. The number of carbonyl (C=O) groups excluding carboxylic acids is 2. The molecular weight excluding hydrogens is 342 g/mol. The summed E-state index contributed by atoms with van der Waals surface area (Å²) in [6.45, 7) is 2.66. The molecule has 138 valence electrons. The largest absolute Gasteiger partial charge is 0.494 e. The van der Waals surface area contributed by atoms with Crippen LogP contribution >= 0.6 is 0 Å². The molecule has 0 saturated carbocycles. The molecule has 0 radical (unpaired) electrons. The van der Waals surface area contributed by atoms with Crippen molar-refractivity contribution in [2.75, 3.05) is 18.5 Å². The molecule has 0 heterocycles. The van der Waals surface area contributed by atoms with Crippen LogP contribution in [0.25, 0.3) is 0 Å². The van der Waals surface area contributed by atoms with Crippen LogP contribution in [0.1, 0.15) is 30.1 Å². The molecule has 0 aliphatic carbocycles. The minimum absolute atomic E-state index is 0.194. The Kier molecular flexibility index (Phi) is 7.08. The van der Waals surface area contributed by atoms with Crippen molar-refractivity contribution in [2.45, 2.75) is 19.8 Å². The first-order chi connectivity index (χ1) is 12.5. The van der Waals surface area contributed by atoms with Gasteiger partial charge >= 0.3 is 0 Å². The minimum atomic E-state index is -0.921. The normalized spacial score (nSPS) is 10.3. The number of halogens is 2. The molecule has 2 aromatic carbocycles. The van der Waals surface area contributed by atoms with Gasteiger partial charge in [0.2, 0.25) is 5.91 Å². The smallest absolute Gasteiger partial charge is 0.254 e. The number of ether oxygens (including phenoxy) is 1. The van der Waals surface area contributed by atoms with E-state index in [9.17, 15) is 18.4 Å².